The fraction of sp³-hybridized carbons (Fsp3) is 0.267. The van der Waals surface area contributed by atoms with Gasteiger partial charge in [0, 0.05) is 17.5 Å². The molecular formula is C15H16N2OS. The van der Waals surface area contributed by atoms with Crippen LogP contribution in [0.1, 0.15) is 29.3 Å². The van der Waals surface area contributed by atoms with Gasteiger partial charge in [0.05, 0.1) is 6.04 Å². The molecule has 0 bridgehead atoms. The number of thiophene rings is 1. The third-order valence-corrected chi connectivity index (χ3v) is 4.37. The number of rotatable bonds is 3. The molecular weight excluding hydrogens is 256 g/mol. The van der Waals surface area contributed by atoms with E-state index in [1.807, 2.05) is 25.1 Å². The summed E-state index contributed by atoms with van der Waals surface area (Å²) < 4.78 is 5.48. The van der Waals surface area contributed by atoms with Crippen molar-refractivity contribution in [3.63, 3.8) is 0 Å². The molecule has 0 saturated heterocycles. The number of fused-ring (bicyclic) bond motifs is 1. The quantitative estimate of drug-likeness (QED) is 0.752. The van der Waals surface area contributed by atoms with Gasteiger partial charge in [0.25, 0.3) is 0 Å². The van der Waals surface area contributed by atoms with Gasteiger partial charge in [-0.2, -0.15) is 0 Å². The largest absolute Gasteiger partial charge is 0.441 e. The van der Waals surface area contributed by atoms with E-state index in [1.54, 1.807) is 11.3 Å². The standard InChI is InChI=1S/C15H16N2OS/c1-9-6-7-19-15(9)10(2)16-12-4-5-14-13(8-12)17-11(3)18-14/h4-8,10,16H,1-3H3. The van der Waals surface area contributed by atoms with Crippen LogP contribution in [-0.4, -0.2) is 4.98 Å². The Bertz CT molecular complexity index is 714. The molecule has 19 heavy (non-hydrogen) atoms. The topological polar surface area (TPSA) is 38.1 Å². The Balaban J connectivity index is 1.86. The Labute approximate surface area is 116 Å². The molecule has 0 radical (unpaired) electrons. The summed E-state index contributed by atoms with van der Waals surface area (Å²) in [6.07, 6.45) is 0. The molecule has 3 rings (SSSR count). The number of hydrogen-bond acceptors (Lipinski definition) is 4. The van der Waals surface area contributed by atoms with Crippen molar-refractivity contribution in [2.24, 2.45) is 0 Å². The third kappa shape index (κ3) is 2.36. The fourth-order valence-electron chi connectivity index (χ4n) is 2.28. The summed E-state index contributed by atoms with van der Waals surface area (Å²) in [6, 6.07) is 8.48. The highest BCUT2D eigenvalue weighted by molar-refractivity contribution is 7.10. The average Bonchev–Trinajstić information content (AvgIpc) is 2.93. The molecule has 0 spiro atoms. The summed E-state index contributed by atoms with van der Waals surface area (Å²) in [6.45, 7) is 6.19. The van der Waals surface area contributed by atoms with Crippen LogP contribution >= 0.6 is 11.3 Å². The molecule has 1 N–H and O–H groups in total. The average molecular weight is 272 g/mol. The second-order valence-corrected chi connectivity index (χ2v) is 5.70. The Morgan fingerprint density at radius 1 is 1.26 bits per heavy atom. The molecule has 4 heteroatoms. The van der Waals surface area contributed by atoms with Crippen LogP contribution in [0.2, 0.25) is 0 Å². The van der Waals surface area contributed by atoms with Crippen molar-refractivity contribution in [1.29, 1.82) is 0 Å². The molecule has 0 fully saturated rings. The number of oxazole rings is 1. The van der Waals surface area contributed by atoms with E-state index < -0.39 is 0 Å². The van der Waals surface area contributed by atoms with Crippen LogP contribution in [0.15, 0.2) is 34.1 Å². The normalized spacial score (nSPS) is 12.8. The lowest BCUT2D eigenvalue weighted by Crippen LogP contribution is -2.05. The first-order valence-electron chi connectivity index (χ1n) is 6.31. The van der Waals surface area contributed by atoms with Gasteiger partial charge in [-0.15, -0.1) is 11.3 Å². The molecule has 1 aromatic carbocycles. The number of nitrogens with zero attached hydrogens (tertiary/aromatic N) is 1. The number of benzene rings is 1. The maximum Gasteiger partial charge on any atom is 0.192 e. The van der Waals surface area contributed by atoms with Crippen molar-refractivity contribution in [3.8, 4) is 0 Å². The smallest absolute Gasteiger partial charge is 0.192 e. The molecule has 0 aliphatic heterocycles. The Kier molecular flexibility index (Phi) is 3.03. The van der Waals surface area contributed by atoms with Gasteiger partial charge in [-0.05, 0) is 49.1 Å². The summed E-state index contributed by atoms with van der Waals surface area (Å²) in [7, 11) is 0. The van der Waals surface area contributed by atoms with Gasteiger partial charge in [-0.3, -0.25) is 0 Å². The SMILES string of the molecule is Cc1nc2cc(NC(C)c3sccc3C)ccc2o1. The Hall–Kier alpha value is -1.81. The second kappa shape index (κ2) is 4.70. The molecule has 0 aliphatic rings. The molecule has 3 aromatic rings. The lowest BCUT2D eigenvalue weighted by atomic mass is 10.2. The maximum absolute atomic E-state index is 5.48. The van der Waals surface area contributed by atoms with Crippen molar-refractivity contribution in [3.05, 3.63) is 46.0 Å². The van der Waals surface area contributed by atoms with E-state index in [2.05, 4.69) is 35.6 Å². The summed E-state index contributed by atoms with van der Waals surface area (Å²) in [5, 5.41) is 5.65. The Morgan fingerprint density at radius 2 is 2.11 bits per heavy atom. The van der Waals surface area contributed by atoms with Gasteiger partial charge in [0.1, 0.15) is 5.52 Å². The first-order chi connectivity index (χ1) is 9.13. The fourth-order valence-corrected chi connectivity index (χ4v) is 3.21. The zero-order chi connectivity index (χ0) is 13.4. The summed E-state index contributed by atoms with van der Waals surface area (Å²) in [4.78, 5) is 5.73. The Morgan fingerprint density at radius 3 is 2.84 bits per heavy atom. The second-order valence-electron chi connectivity index (χ2n) is 4.75. The molecule has 2 aromatic heterocycles. The van der Waals surface area contributed by atoms with E-state index in [1.165, 1.54) is 10.4 Å². The van der Waals surface area contributed by atoms with E-state index >= 15 is 0 Å². The molecule has 0 aliphatic carbocycles. The van der Waals surface area contributed by atoms with Gasteiger partial charge in [0.2, 0.25) is 0 Å². The molecule has 98 valence electrons. The lowest BCUT2D eigenvalue weighted by molar-refractivity contribution is 0.561. The summed E-state index contributed by atoms with van der Waals surface area (Å²) in [5.41, 5.74) is 4.14. The highest BCUT2D eigenvalue weighted by atomic mass is 32.1. The van der Waals surface area contributed by atoms with Crippen molar-refractivity contribution >= 4 is 28.1 Å². The zero-order valence-electron chi connectivity index (χ0n) is 11.2. The maximum atomic E-state index is 5.48. The first kappa shape index (κ1) is 12.2. The predicted molar refractivity (Wildman–Crippen MR) is 79.8 cm³/mol. The van der Waals surface area contributed by atoms with E-state index in [-0.39, 0.29) is 0 Å². The van der Waals surface area contributed by atoms with Gasteiger partial charge in [-0.25, -0.2) is 4.98 Å². The van der Waals surface area contributed by atoms with Crippen LogP contribution in [0.3, 0.4) is 0 Å². The molecule has 1 atom stereocenters. The van der Waals surface area contributed by atoms with E-state index in [0.29, 0.717) is 11.9 Å². The van der Waals surface area contributed by atoms with Crippen molar-refractivity contribution in [2.75, 3.05) is 5.32 Å². The van der Waals surface area contributed by atoms with Crippen LogP contribution in [0.5, 0.6) is 0 Å². The molecule has 1 unspecified atom stereocenters. The summed E-state index contributed by atoms with van der Waals surface area (Å²) >= 11 is 1.79. The molecule has 0 amide bonds. The van der Waals surface area contributed by atoms with Gasteiger partial charge < -0.3 is 9.73 Å². The minimum Gasteiger partial charge on any atom is -0.441 e. The third-order valence-electron chi connectivity index (χ3n) is 3.17. The van der Waals surface area contributed by atoms with Crippen LogP contribution in [0.25, 0.3) is 11.1 Å². The van der Waals surface area contributed by atoms with Crippen molar-refractivity contribution in [1.82, 2.24) is 4.98 Å². The number of aryl methyl sites for hydroxylation is 2. The van der Waals surface area contributed by atoms with Gasteiger partial charge in [0.15, 0.2) is 11.5 Å². The monoisotopic (exact) mass is 272 g/mol. The predicted octanol–water partition coefficient (Wildman–Crippen LogP) is 4.68. The lowest BCUT2D eigenvalue weighted by Gasteiger charge is -2.14. The van der Waals surface area contributed by atoms with Crippen LogP contribution < -0.4 is 5.32 Å². The minimum absolute atomic E-state index is 0.297. The number of anilines is 1. The van der Waals surface area contributed by atoms with Crippen LogP contribution in [0.4, 0.5) is 5.69 Å². The van der Waals surface area contributed by atoms with Gasteiger partial charge >= 0.3 is 0 Å². The highest BCUT2D eigenvalue weighted by Crippen LogP contribution is 2.28. The van der Waals surface area contributed by atoms with E-state index in [9.17, 15) is 0 Å². The minimum atomic E-state index is 0.297. The van der Waals surface area contributed by atoms with Crippen molar-refractivity contribution < 1.29 is 4.42 Å². The van der Waals surface area contributed by atoms with E-state index in [4.69, 9.17) is 4.42 Å². The molecule has 3 nitrogen and oxygen atoms in total. The van der Waals surface area contributed by atoms with Crippen LogP contribution in [0, 0.1) is 13.8 Å². The van der Waals surface area contributed by atoms with E-state index in [0.717, 1.165) is 16.8 Å². The first-order valence-corrected chi connectivity index (χ1v) is 7.19. The van der Waals surface area contributed by atoms with Crippen LogP contribution in [-0.2, 0) is 0 Å². The number of nitrogens with one attached hydrogen (secondary N) is 1. The zero-order valence-corrected chi connectivity index (χ0v) is 12.0. The van der Waals surface area contributed by atoms with Crippen molar-refractivity contribution in [2.45, 2.75) is 26.8 Å². The van der Waals surface area contributed by atoms with Gasteiger partial charge in [-0.1, -0.05) is 0 Å². The molecule has 0 saturated carbocycles. The number of hydrogen-bond donors (Lipinski definition) is 1. The number of aromatic nitrogens is 1. The highest BCUT2D eigenvalue weighted by Gasteiger charge is 2.10. The summed E-state index contributed by atoms with van der Waals surface area (Å²) in [5.74, 6) is 0.703. The molecule has 2 heterocycles.